The molecule has 0 radical (unpaired) electrons. The first-order valence-corrected chi connectivity index (χ1v) is 8.52. The van der Waals surface area contributed by atoms with Gasteiger partial charge >= 0.3 is 0 Å². The van der Waals surface area contributed by atoms with Gasteiger partial charge in [-0.05, 0) is 20.8 Å². The molecule has 0 atom stereocenters. The largest absolute Gasteiger partial charge is 0.368 e. The standard InChI is InChI=1S/C12H20N6O2S/c1-5-13-11-16-9(8-6-15-18-10(8)17-11)14-7-12(2,3)21(4,19)20/h6H,5,7H2,1-4H3,(H3,13,14,15,16,17,18). The van der Waals surface area contributed by atoms with Gasteiger partial charge in [-0.3, -0.25) is 5.10 Å². The lowest BCUT2D eigenvalue weighted by Gasteiger charge is -2.23. The summed E-state index contributed by atoms with van der Waals surface area (Å²) in [6.45, 7) is 6.23. The van der Waals surface area contributed by atoms with Crippen molar-refractivity contribution in [3.05, 3.63) is 6.20 Å². The second-order valence-corrected chi connectivity index (χ2v) is 8.09. The monoisotopic (exact) mass is 312 g/mol. The first kappa shape index (κ1) is 15.5. The van der Waals surface area contributed by atoms with Gasteiger partial charge in [-0.25, -0.2) is 8.42 Å². The summed E-state index contributed by atoms with van der Waals surface area (Å²) in [5.74, 6) is 1.02. The van der Waals surface area contributed by atoms with Crippen LogP contribution in [0, 0.1) is 0 Å². The number of aromatic amines is 1. The van der Waals surface area contributed by atoms with Crippen LogP contribution in [-0.4, -0.2) is 52.7 Å². The fraction of sp³-hybridized carbons (Fsp3) is 0.583. The molecule has 0 aliphatic rings. The Labute approximate surface area is 123 Å². The van der Waals surface area contributed by atoms with Crippen molar-refractivity contribution in [2.24, 2.45) is 0 Å². The van der Waals surface area contributed by atoms with Gasteiger partial charge in [0, 0.05) is 19.3 Å². The molecule has 2 aromatic heterocycles. The summed E-state index contributed by atoms with van der Waals surface area (Å²) in [5, 5.41) is 13.6. The minimum atomic E-state index is -3.18. The predicted molar refractivity (Wildman–Crippen MR) is 83.3 cm³/mol. The van der Waals surface area contributed by atoms with Gasteiger partial charge in [-0.1, -0.05) is 0 Å². The lowest BCUT2D eigenvalue weighted by atomic mass is 10.2. The second-order valence-electron chi connectivity index (χ2n) is 5.44. The van der Waals surface area contributed by atoms with Crippen LogP contribution in [0.4, 0.5) is 11.8 Å². The van der Waals surface area contributed by atoms with Crippen LogP contribution in [0.25, 0.3) is 11.0 Å². The number of nitrogens with one attached hydrogen (secondary N) is 3. The van der Waals surface area contributed by atoms with Gasteiger partial charge in [0.2, 0.25) is 5.95 Å². The summed E-state index contributed by atoms with van der Waals surface area (Å²) in [6, 6.07) is 0. The molecular formula is C12H20N6O2S. The van der Waals surface area contributed by atoms with Crippen LogP contribution >= 0.6 is 0 Å². The van der Waals surface area contributed by atoms with E-state index in [1.165, 1.54) is 6.26 Å². The Balaban J connectivity index is 2.31. The smallest absolute Gasteiger partial charge is 0.226 e. The van der Waals surface area contributed by atoms with Crippen molar-refractivity contribution in [1.82, 2.24) is 20.2 Å². The normalized spacial score (nSPS) is 12.6. The molecule has 0 fully saturated rings. The lowest BCUT2D eigenvalue weighted by molar-refractivity contribution is 0.559. The number of aromatic nitrogens is 4. The van der Waals surface area contributed by atoms with Gasteiger partial charge in [0.1, 0.15) is 5.82 Å². The highest BCUT2D eigenvalue weighted by molar-refractivity contribution is 7.92. The third-order valence-corrected chi connectivity index (χ3v) is 5.48. The summed E-state index contributed by atoms with van der Waals surface area (Å²) < 4.78 is 22.6. The van der Waals surface area contributed by atoms with Crippen LogP contribution in [0.1, 0.15) is 20.8 Å². The van der Waals surface area contributed by atoms with Crippen LogP contribution in [0.3, 0.4) is 0 Å². The molecule has 0 saturated carbocycles. The number of H-pyrrole nitrogens is 1. The van der Waals surface area contributed by atoms with E-state index in [0.717, 1.165) is 5.39 Å². The van der Waals surface area contributed by atoms with E-state index in [2.05, 4.69) is 30.8 Å². The number of rotatable bonds is 6. The first-order chi connectivity index (χ1) is 9.74. The van der Waals surface area contributed by atoms with Crippen LogP contribution in [0.5, 0.6) is 0 Å². The zero-order chi connectivity index (χ0) is 15.7. The quantitative estimate of drug-likeness (QED) is 0.730. The van der Waals surface area contributed by atoms with Crippen LogP contribution < -0.4 is 10.6 Å². The third kappa shape index (κ3) is 3.23. The van der Waals surface area contributed by atoms with Crippen molar-refractivity contribution in [2.45, 2.75) is 25.5 Å². The van der Waals surface area contributed by atoms with E-state index in [0.29, 0.717) is 24.0 Å². The molecule has 0 bridgehead atoms. The van der Waals surface area contributed by atoms with E-state index < -0.39 is 14.6 Å². The molecule has 116 valence electrons. The molecule has 0 unspecified atom stereocenters. The molecule has 0 aromatic carbocycles. The van der Waals surface area contributed by atoms with E-state index in [1.807, 2.05) is 6.92 Å². The van der Waals surface area contributed by atoms with E-state index in [9.17, 15) is 8.42 Å². The maximum absolute atomic E-state index is 11.8. The van der Waals surface area contributed by atoms with Gasteiger partial charge in [0.15, 0.2) is 15.5 Å². The Hall–Kier alpha value is -1.90. The van der Waals surface area contributed by atoms with Gasteiger partial charge in [-0.2, -0.15) is 15.1 Å². The zero-order valence-electron chi connectivity index (χ0n) is 12.6. The summed E-state index contributed by atoms with van der Waals surface area (Å²) in [6.07, 6.45) is 2.84. The topological polar surface area (TPSA) is 113 Å². The molecule has 21 heavy (non-hydrogen) atoms. The summed E-state index contributed by atoms with van der Waals surface area (Å²) in [5.41, 5.74) is 0.598. The maximum Gasteiger partial charge on any atom is 0.226 e. The van der Waals surface area contributed by atoms with E-state index in [-0.39, 0.29) is 6.54 Å². The number of sulfone groups is 1. The Morgan fingerprint density at radius 1 is 1.29 bits per heavy atom. The molecule has 8 nitrogen and oxygen atoms in total. The van der Waals surface area contributed by atoms with Crippen molar-refractivity contribution in [1.29, 1.82) is 0 Å². The van der Waals surface area contributed by atoms with Gasteiger partial charge in [0.05, 0.1) is 16.3 Å². The summed E-state index contributed by atoms with van der Waals surface area (Å²) >= 11 is 0. The molecule has 2 rings (SSSR count). The number of hydrogen-bond acceptors (Lipinski definition) is 7. The molecule has 9 heteroatoms. The Kier molecular flexibility index (Phi) is 4.04. The maximum atomic E-state index is 11.8. The zero-order valence-corrected chi connectivity index (χ0v) is 13.4. The average molecular weight is 312 g/mol. The minimum absolute atomic E-state index is 0.245. The van der Waals surface area contributed by atoms with E-state index in [1.54, 1.807) is 20.0 Å². The molecule has 2 heterocycles. The van der Waals surface area contributed by atoms with Crippen LogP contribution in [-0.2, 0) is 9.84 Å². The molecule has 0 spiro atoms. The van der Waals surface area contributed by atoms with Gasteiger partial charge < -0.3 is 10.6 Å². The van der Waals surface area contributed by atoms with E-state index >= 15 is 0 Å². The van der Waals surface area contributed by atoms with Gasteiger partial charge in [0.25, 0.3) is 0 Å². The molecular weight excluding hydrogens is 292 g/mol. The van der Waals surface area contributed by atoms with Crippen molar-refractivity contribution in [2.75, 3.05) is 30.0 Å². The average Bonchev–Trinajstić information content (AvgIpc) is 2.83. The number of fused-ring (bicyclic) bond motifs is 1. The predicted octanol–water partition coefficient (Wildman–Crippen LogP) is 1.02. The fourth-order valence-corrected chi connectivity index (χ4v) is 1.97. The molecule has 3 N–H and O–H groups in total. The highest BCUT2D eigenvalue weighted by atomic mass is 32.2. The van der Waals surface area contributed by atoms with Crippen molar-refractivity contribution in [3.8, 4) is 0 Å². The van der Waals surface area contributed by atoms with Crippen LogP contribution in [0.2, 0.25) is 0 Å². The second kappa shape index (κ2) is 5.47. The SMILES string of the molecule is CCNc1nc(NCC(C)(C)S(C)(=O)=O)c2cn[nH]c2n1. The van der Waals surface area contributed by atoms with Crippen molar-refractivity contribution >= 4 is 32.6 Å². The van der Waals surface area contributed by atoms with Crippen LogP contribution in [0.15, 0.2) is 6.20 Å². The Bertz CT molecular complexity index is 737. The summed E-state index contributed by atoms with van der Waals surface area (Å²) in [7, 11) is -3.18. The fourth-order valence-electron chi connectivity index (χ4n) is 1.63. The first-order valence-electron chi connectivity index (χ1n) is 6.63. The third-order valence-electron chi connectivity index (χ3n) is 3.33. The van der Waals surface area contributed by atoms with Crippen molar-refractivity contribution in [3.63, 3.8) is 0 Å². The molecule has 0 saturated heterocycles. The number of hydrogen-bond donors (Lipinski definition) is 3. The lowest BCUT2D eigenvalue weighted by Crippen LogP contribution is -2.38. The minimum Gasteiger partial charge on any atom is -0.368 e. The number of anilines is 2. The Morgan fingerprint density at radius 3 is 2.62 bits per heavy atom. The van der Waals surface area contributed by atoms with E-state index in [4.69, 9.17) is 0 Å². The molecule has 0 aliphatic carbocycles. The highest BCUT2D eigenvalue weighted by Crippen LogP contribution is 2.22. The molecule has 0 aliphatic heterocycles. The highest BCUT2D eigenvalue weighted by Gasteiger charge is 2.30. The van der Waals surface area contributed by atoms with Gasteiger partial charge in [-0.15, -0.1) is 0 Å². The summed E-state index contributed by atoms with van der Waals surface area (Å²) in [4.78, 5) is 8.64. The number of nitrogens with zero attached hydrogens (tertiary/aromatic N) is 3. The molecule has 0 amide bonds. The Morgan fingerprint density at radius 2 is 2.00 bits per heavy atom. The van der Waals surface area contributed by atoms with Crippen molar-refractivity contribution < 1.29 is 8.42 Å². The molecule has 2 aromatic rings.